The van der Waals surface area contributed by atoms with Crippen LogP contribution in [0.2, 0.25) is 0 Å². The second kappa shape index (κ2) is 36.5. The summed E-state index contributed by atoms with van der Waals surface area (Å²) in [5, 5.41) is 22.5. The molecular weight excluding hydrogens is 1200 g/mol. The minimum atomic E-state index is -1.42. The molecule has 0 unspecified atom stereocenters. The van der Waals surface area contributed by atoms with Gasteiger partial charge >= 0.3 is 0 Å². The molecule has 2 saturated heterocycles. The van der Waals surface area contributed by atoms with Gasteiger partial charge in [-0.3, -0.25) is 57.5 Å². The zero-order valence-corrected chi connectivity index (χ0v) is 58.8. The minimum Gasteiger partial charge on any atom is -0.393 e. The smallest absolute Gasteiger partial charge is 0.246 e. The molecule has 2 heterocycles. The van der Waals surface area contributed by atoms with Gasteiger partial charge in [-0.1, -0.05) is 116 Å². The van der Waals surface area contributed by atoms with Crippen molar-refractivity contribution in [1.82, 2.24) is 45.8 Å². The number of ether oxygens (including phenoxy) is 1. The molecule has 94 heavy (non-hydrogen) atoms. The van der Waals surface area contributed by atoms with Crippen molar-refractivity contribution in [3.8, 4) is 0 Å². The van der Waals surface area contributed by atoms with Gasteiger partial charge in [-0.05, 0) is 102 Å². The highest BCUT2D eigenvalue weighted by molar-refractivity contribution is 5.99. The quantitative estimate of drug-likeness (QED) is 0.179. The molecule has 2 aliphatic rings. The Labute approximate surface area is 557 Å². The van der Waals surface area contributed by atoms with Gasteiger partial charge in [0.25, 0.3) is 0 Å². The van der Waals surface area contributed by atoms with Crippen LogP contribution in [0.1, 0.15) is 159 Å². The van der Waals surface area contributed by atoms with Gasteiger partial charge in [0.2, 0.25) is 53.2 Å². The van der Waals surface area contributed by atoms with Gasteiger partial charge in [0.05, 0.1) is 48.8 Å². The molecule has 0 aliphatic carbocycles. The molecular formula is C71H109N9O14. The summed E-state index contributed by atoms with van der Waals surface area (Å²) in [6.07, 6.45) is -1.43. The van der Waals surface area contributed by atoms with Gasteiger partial charge in [0, 0.05) is 73.3 Å². The largest absolute Gasteiger partial charge is 0.393 e. The standard InChI is InChI=1S/C71H109N9O14/c1-18-45(7)62-66(89)72-40-52(82)34-44(6)35-61(85)76(14)46(8)63(86)73-55(36-49-26-21-19-22-27-49)69(92)78(16)58(33-43(4)5)59(83)38-51(41-94-71(11,12)13)64(87)74-56(37-50-28-23-20-24-29-50)70(93)80-31-25-30-57(80)60(84)39-53(48(10)81)65(88)75-54(32-42(2)3)68(91)77(15)47(9)67(90)79(62)17/h19-24,26-29,42-48,51,53-58,62,81H,18,25,30-41H2,1-17H3,(H,72,89)(H,73,86)(H,74,87)(H,75,88)/t44-,45+,46-,47+,48-,51+,53+,54+,55+,56+,57+,58+,62+/m1/s1. The van der Waals surface area contributed by atoms with E-state index in [1.807, 2.05) is 34.6 Å². The lowest BCUT2D eigenvalue weighted by Gasteiger charge is -2.36. The van der Waals surface area contributed by atoms with E-state index in [0.29, 0.717) is 24.0 Å². The van der Waals surface area contributed by atoms with Crippen molar-refractivity contribution in [1.29, 1.82) is 0 Å². The van der Waals surface area contributed by atoms with Crippen molar-refractivity contribution >= 4 is 70.5 Å². The van der Waals surface area contributed by atoms with Crippen LogP contribution in [0.25, 0.3) is 0 Å². The maximum atomic E-state index is 15.2. The molecule has 9 amide bonds. The summed E-state index contributed by atoms with van der Waals surface area (Å²) >= 11 is 0. The number of hydrogen-bond acceptors (Lipinski definition) is 14. The highest BCUT2D eigenvalue weighted by Crippen LogP contribution is 2.27. The van der Waals surface area contributed by atoms with Crippen LogP contribution in [0.4, 0.5) is 0 Å². The molecule has 4 rings (SSSR count). The van der Waals surface area contributed by atoms with Crippen LogP contribution >= 0.6 is 0 Å². The average molecular weight is 1310 g/mol. The third kappa shape index (κ3) is 23.2. The molecule has 0 spiro atoms. The fourth-order valence-electron chi connectivity index (χ4n) is 12.1. The van der Waals surface area contributed by atoms with Gasteiger partial charge in [-0.2, -0.15) is 0 Å². The normalized spacial score (nSPS) is 27.1. The molecule has 522 valence electrons. The van der Waals surface area contributed by atoms with Crippen LogP contribution in [-0.4, -0.2) is 208 Å². The van der Waals surface area contributed by atoms with Gasteiger partial charge in [0.1, 0.15) is 36.3 Å². The van der Waals surface area contributed by atoms with E-state index < -0.39 is 174 Å². The molecule has 2 aliphatic heterocycles. The highest BCUT2D eigenvalue weighted by Gasteiger charge is 2.44. The molecule has 23 heteroatoms. The Morgan fingerprint density at radius 3 is 1.64 bits per heavy atom. The molecule has 0 saturated carbocycles. The molecule has 0 aromatic heterocycles. The SMILES string of the molecule is CC[C@H](C)[C@H]1C(=O)NCC(=O)C[C@@H](C)CC(=O)N(C)[C@H](C)C(=O)N[C@@H](Cc2ccccc2)C(=O)N(C)[C@@H](CC(C)C)C(=O)C[C@@H](COC(C)(C)C)C(=O)N[C@@H](Cc2ccccc2)C(=O)N2CCC[C@H]2C(=O)C[C@@H]([C@@H](C)O)C(=O)N[C@@H](CC(C)C)C(=O)N(C)[C@@H](C)C(=O)N1C. The Balaban J connectivity index is 1.84. The van der Waals surface area contributed by atoms with Gasteiger partial charge in [0.15, 0.2) is 17.3 Å². The number of carbonyl (C=O) groups excluding carboxylic acids is 12. The van der Waals surface area contributed by atoms with Crippen molar-refractivity contribution in [3.63, 3.8) is 0 Å². The topological polar surface area (TPSA) is 299 Å². The van der Waals surface area contributed by atoms with Crippen molar-refractivity contribution in [2.75, 3.05) is 47.9 Å². The first kappa shape index (κ1) is 79.0. The first-order valence-corrected chi connectivity index (χ1v) is 33.5. The maximum absolute atomic E-state index is 15.2. The summed E-state index contributed by atoms with van der Waals surface area (Å²) in [6.45, 7) is 21.8. The molecule has 0 bridgehead atoms. The number of rotatable bonds is 13. The van der Waals surface area contributed by atoms with E-state index in [9.17, 15) is 43.5 Å². The van der Waals surface area contributed by atoms with E-state index >= 15 is 19.2 Å². The van der Waals surface area contributed by atoms with Crippen molar-refractivity contribution in [2.45, 2.75) is 221 Å². The number of fused-ring (bicyclic) bond motifs is 1. The van der Waals surface area contributed by atoms with Gasteiger partial charge in [-0.25, -0.2) is 0 Å². The number of aliphatic hydroxyl groups is 1. The number of amides is 9. The van der Waals surface area contributed by atoms with Crippen LogP contribution in [0.3, 0.4) is 0 Å². The van der Waals surface area contributed by atoms with Crippen molar-refractivity contribution in [2.24, 2.45) is 35.5 Å². The molecule has 23 nitrogen and oxygen atoms in total. The van der Waals surface area contributed by atoms with Crippen molar-refractivity contribution < 1.29 is 67.4 Å². The lowest BCUT2D eigenvalue weighted by atomic mass is 9.91. The first-order valence-electron chi connectivity index (χ1n) is 33.5. The number of ketones is 3. The summed E-state index contributed by atoms with van der Waals surface area (Å²) in [7, 11) is 5.73. The van der Waals surface area contributed by atoms with E-state index in [-0.39, 0.29) is 69.9 Å². The highest BCUT2D eigenvalue weighted by atomic mass is 16.5. The van der Waals surface area contributed by atoms with E-state index in [4.69, 9.17) is 4.74 Å². The van der Waals surface area contributed by atoms with Crippen LogP contribution in [-0.2, 0) is 75.1 Å². The van der Waals surface area contributed by atoms with Crippen LogP contribution in [0, 0.1) is 35.5 Å². The number of benzene rings is 2. The number of likely N-dealkylation sites (N-methyl/N-ethyl adjacent to an activating group) is 4. The van der Waals surface area contributed by atoms with Crippen LogP contribution < -0.4 is 21.3 Å². The zero-order chi connectivity index (χ0) is 70.6. The minimum absolute atomic E-state index is 0.000664. The molecule has 2 aromatic rings. The third-order valence-electron chi connectivity index (χ3n) is 18.2. The second-order valence-electron chi connectivity index (χ2n) is 28.1. The molecule has 5 N–H and O–H groups in total. The third-order valence-corrected chi connectivity index (χ3v) is 18.2. The van der Waals surface area contributed by atoms with E-state index in [1.54, 1.807) is 95.3 Å². The number of aliphatic hydroxyl groups excluding tert-OH is 1. The van der Waals surface area contributed by atoms with E-state index in [2.05, 4.69) is 21.3 Å². The Morgan fingerprint density at radius 1 is 0.574 bits per heavy atom. The number of nitrogens with zero attached hydrogens (tertiary/aromatic N) is 5. The molecule has 2 fully saturated rings. The Morgan fingerprint density at radius 2 is 1.11 bits per heavy atom. The maximum Gasteiger partial charge on any atom is 0.246 e. The monoisotopic (exact) mass is 1310 g/mol. The second-order valence-corrected chi connectivity index (χ2v) is 28.1. The predicted octanol–water partition coefficient (Wildman–Crippen LogP) is 4.87. The number of Topliss-reactive ketones (excluding diaryl/α,β-unsaturated/α-hetero) is 3. The average Bonchev–Trinajstić information content (AvgIpc) is 1.40. The molecule has 0 radical (unpaired) electrons. The number of hydrogen-bond donors (Lipinski definition) is 5. The van der Waals surface area contributed by atoms with Crippen molar-refractivity contribution in [3.05, 3.63) is 71.8 Å². The lowest BCUT2D eigenvalue weighted by Crippen LogP contribution is -2.58. The summed E-state index contributed by atoms with van der Waals surface area (Å²) in [4.78, 5) is 180. The lowest BCUT2D eigenvalue weighted by molar-refractivity contribution is -0.149. The Kier molecular flexibility index (Phi) is 30.7. The fourth-order valence-corrected chi connectivity index (χ4v) is 12.1. The predicted molar refractivity (Wildman–Crippen MR) is 357 cm³/mol. The summed E-state index contributed by atoms with van der Waals surface area (Å²) in [5.41, 5.74) is 0.555. The summed E-state index contributed by atoms with van der Waals surface area (Å²) in [6, 6.07) is 8.48. The number of carbonyl (C=O) groups is 12. The van der Waals surface area contributed by atoms with E-state index in [0.717, 1.165) is 0 Å². The first-order chi connectivity index (χ1) is 44.0. The summed E-state index contributed by atoms with van der Waals surface area (Å²) < 4.78 is 6.21. The van der Waals surface area contributed by atoms with Crippen LogP contribution in [0.15, 0.2) is 60.7 Å². The van der Waals surface area contributed by atoms with Gasteiger partial charge < -0.3 is 55.6 Å². The summed E-state index contributed by atoms with van der Waals surface area (Å²) in [5.74, 6) is -11.2. The fraction of sp³-hybridized carbons (Fsp3) is 0.662. The van der Waals surface area contributed by atoms with E-state index in [1.165, 1.54) is 73.5 Å². The molecule has 2 aromatic carbocycles. The Hall–Kier alpha value is -7.40. The Bertz CT molecular complexity index is 2930. The van der Waals surface area contributed by atoms with Gasteiger partial charge in [-0.15, -0.1) is 0 Å². The van der Waals surface area contributed by atoms with Crippen LogP contribution in [0.5, 0.6) is 0 Å². The number of nitrogens with one attached hydrogen (secondary N) is 4. The zero-order valence-electron chi connectivity index (χ0n) is 58.8. The molecule has 13 atom stereocenters.